The maximum atomic E-state index is 11.4. The Bertz CT molecular complexity index is 749. The molecular formula is C14H11N3O2. The number of benzene rings is 1. The molecule has 1 aromatic carbocycles. The number of carbonyl (C=O) groups excluding carboxylic acids is 1. The molecule has 0 unspecified atom stereocenters. The SMILES string of the molecule is COC(=O)c1cc(-c2cnc3ccccc3c2)n[nH]1. The van der Waals surface area contributed by atoms with Gasteiger partial charge < -0.3 is 4.74 Å². The molecule has 3 aromatic rings. The molecular weight excluding hydrogens is 242 g/mol. The molecule has 0 aliphatic heterocycles. The monoisotopic (exact) mass is 253 g/mol. The van der Waals surface area contributed by atoms with E-state index in [0.29, 0.717) is 11.4 Å². The highest BCUT2D eigenvalue weighted by Gasteiger charge is 2.11. The van der Waals surface area contributed by atoms with Crippen LogP contribution in [0.2, 0.25) is 0 Å². The number of ether oxygens (including phenoxy) is 1. The fraction of sp³-hybridized carbons (Fsp3) is 0.0714. The normalized spacial score (nSPS) is 10.6. The summed E-state index contributed by atoms with van der Waals surface area (Å²) in [5, 5.41) is 7.78. The van der Waals surface area contributed by atoms with Crippen LogP contribution >= 0.6 is 0 Å². The van der Waals surface area contributed by atoms with E-state index in [2.05, 4.69) is 19.9 Å². The molecule has 0 amide bonds. The Kier molecular flexibility index (Phi) is 2.72. The maximum absolute atomic E-state index is 11.4. The Hall–Kier alpha value is -2.69. The lowest BCUT2D eigenvalue weighted by atomic mass is 10.1. The Morgan fingerprint density at radius 3 is 2.95 bits per heavy atom. The maximum Gasteiger partial charge on any atom is 0.356 e. The molecule has 0 radical (unpaired) electrons. The average molecular weight is 253 g/mol. The van der Waals surface area contributed by atoms with Crippen LogP contribution in [-0.2, 0) is 4.74 Å². The molecule has 19 heavy (non-hydrogen) atoms. The fourth-order valence-electron chi connectivity index (χ4n) is 1.90. The number of aromatic amines is 1. The second kappa shape index (κ2) is 4.53. The third-order valence-electron chi connectivity index (χ3n) is 2.87. The minimum Gasteiger partial charge on any atom is -0.464 e. The summed E-state index contributed by atoms with van der Waals surface area (Å²) >= 11 is 0. The number of esters is 1. The van der Waals surface area contributed by atoms with Crippen LogP contribution in [0.15, 0.2) is 42.6 Å². The third kappa shape index (κ3) is 2.06. The number of hydrogen-bond acceptors (Lipinski definition) is 4. The highest BCUT2D eigenvalue weighted by Crippen LogP contribution is 2.21. The second-order valence-electron chi connectivity index (χ2n) is 4.08. The number of H-pyrrole nitrogens is 1. The van der Waals surface area contributed by atoms with Gasteiger partial charge in [0.15, 0.2) is 0 Å². The summed E-state index contributed by atoms with van der Waals surface area (Å²) in [6.45, 7) is 0. The van der Waals surface area contributed by atoms with Gasteiger partial charge in [-0.05, 0) is 18.2 Å². The van der Waals surface area contributed by atoms with Gasteiger partial charge in [-0.25, -0.2) is 4.79 Å². The largest absolute Gasteiger partial charge is 0.464 e. The minimum absolute atomic E-state index is 0.325. The van der Waals surface area contributed by atoms with Crippen molar-refractivity contribution in [3.8, 4) is 11.3 Å². The van der Waals surface area contributed by atoms with Gasteiger partial charge in [0, 0.05) is 17.1 Å². The van der Waals surface area contributed by atoms with E-state index in [1.165, 1.54) is 7.11 Å². The summed E-state index contributed by atoms with van der Waals surface area (Å²) < 4.78 is 4.63. The first kappa shape index (κ1) is 11.4. The Labute approximate surface area is 109 Å². The Balaban J connectivity index is 2.04. The number of carbonyl (C=O) groups is 1. The van der Waals surface area contributed by atoms with Gasteiger partial charge in [-0.15, -0.1) is 0 Å². The highest BCUT2D eigenvalue weighted by atomic mass is 16.5. The number of rotatable bonds is 2. The van der Waals surface area contributed by atoms with Gasteiger partial charge in [-0.2, -0.15) is 5.10 Å². The van der Waals surface area contributed by atoms with Crippen molar-refractivity contribution in [3.05, 3.63) is 48.3 Å². The first-order valence-electron chi connectivity index (χ1n) is 5.77. The Morgan fingerprint density at radius 2 is 2.11 bits per heavy atom. The van der Waals surface area contributed by atoms with E-state index >= 15 is 0 Å². The van der Waals surface area contributed by atoms with E-state index in [0.717, 1.165) is 16.5 Å². The number of nitrogens with one attached hydrogen (secondary N) is 1. The molecule has 0 aliphatic carbocycles. The van der Waals surface area contributed by atoms with Gasteiger partial charge >= 0.3 is 5.97 Å². The van der Waals surface area contributed by atoms with Crippen LogP contribution in [0.3, 0.4) is 0 Å². The van der Waals surface area contributed by atoms with Gasteiger partial charge in [0.2, 0.25) is 0 Å². The van der Waals surface area contributed by atoms with E-state index in [-0.39, 0.29) is 0 Å². The average Bonchev–Trinajstić information content (AvgIpc) is 2.95. The number of methoxy groups -OCH3 is 1. The summed E-state index contributed by atoms with van der Waals surface area (Å²) in [5.41, 5.74) is 2.77. The van der Waals surface area contributed by atoms with Crippen molar-refractivity contribution < 1.29 is 9.53 Å². The molecule has 0 fully saturated rings. The van der Waals surface area contributed by atoms with E-state index in [9.17, 15) is 4.79 Å². The van der Waals surface area contributed by atoms with Gasteiger partial charge in [-0.3, -0.25) is 10.1 Å². The van der Waals surface area contributed by atoms with Gasteiger partial charge in [0.25, 0.3) is 0 Å². The molecule has 5 heteroatoms. The zero-order valence-electron chi connectivity index (χ0n) is 10.3. The van der Waals surface area contributed by atoms with Gasteiger partial charge in [0.1, 0.15) is 5.69 Å². The van der Waals surface area contributed by atoms with Crippen LogP contribution in [0.1, 0.15) is 10.5 Å². The quantitative estimate of drug-likeness (QED) is 0.712. The summed E-state index contributed by atoms with van der Waals surface area (Å²) in [7, 11) is 1.33. The minimum atomic E-state index is -0.438. The molecule has 94 valence electrons. The molecule has 0 bridgehead atoms. The molecule has 2 heterocycles. The number of fused-ring (bicyclic) bond motifs is 1. The fourth-order valence-corrected chi connectivity index (χ4v) is 1.90. The van der Waals surface area contributed by atoms with Crippen LogP contribution in [0.5, 0.6) is 0 Å². The van der Waals surface area contributed by atoms with Crippen molar-refractivity contribution >= 4 is 16.9 Å². The van der Waals surface area contributed by atoms with E-state index in [1.54, 1.807) is 12.3 Å². The number of hydrogen-bond donors (Lipinski definition) is 1. The van der Waals surface area contributed by atoms with Crippen molar-refractivity contribution in [2.45, 2.75) is 0 Å². The first-order valence-corrected chi connectivity index (χ1v) is 5.77. The predicted octanol–water partition coefficient (Wildman–Crippen LogP) is 2.41. The van der Waals surface area contributed by atoms with Crippen molar-refractivity contribution in [2.75, 3.05) is 7.11 Å². The van der Waals surface area contributed by atoms with Crippen LogP contribution in [-0.4, -0.2) is 28.3 Å². The van der Waals surface area contributed by atoms with Crippen molar-refractivity contribution in [1.29, 1.82) is 0 Å². The molecule has 1 N–H and O–H groups in total. The summed E-state index contributed by atoms with van der Waals surface area (Å²) in [5.74, 6) is -0.438. The molecule has 0 atom stereocenters. The lowest BCUT2D eigenvalue weighted by Gasteiger charge is -1.99. The van der Waals surface area contributed by atoms with E-state index in [1.807, 2.05) is 30.3 Å². The number of aromatic nitrogens is 3. The summed E-state index contributed by atoms with van der Waals surface area (Å²) in [4.78, 5) is 15.7. The number of pyridine rings is 1. The number of nitrogens with zero attached hydrogens (tertiary/aromatic N) is 2. The summed E-state index contributed by atoms with van der Waals surface area (Å²) in [6, 6.07) is 11.5. The lowest BCUT2D eigenvalue weighted by molar-refractivity contribution is 0.0594. The second-order valence-corrected chi connectivity index (χ2v) is 4.08. The molecule has 2 aromatic heterocycles. The van der Waals surface area contributed by atoms with Crippen LogP contribution in [0, 0.1) is 0 Å². The topological polar surface area (TPSA) is 67.9 Å². The van der Waals surface area contributed by atoms with Crippen LogP contribution in [0.4, 0.5) is 0 Å². The van der Waals surface area contributed by atoms with Gasteiger partial charge in [0.05, 0.1) is 18.3 Å². The van der Waals surface area contributed by atoms with Crippen molar-refractivity contribution in [2.24, 2.45) is 0 Å². The molecule has 0 aliphatic rings. The van der Waals surface area contributed by atoms with E-state index < -0.39 is 5.97 Å². The highest BCUT2D eigenvalue weighted by molar-refractivity contribution is 5.89. The van der Waals surface area contributed by atoms with Crippen LogP contribution < -0.4 is 0 Å². The molecule has 0 saturated heterocycles. The molecule has 0 spiro atoms. The molecule has 3 rings (SSSR count). The van der Waals surface area contributed by atoms with Crippen molar-refractivity contribution in [1.82, 2.24) is 15.2 Å². The Morgan fingerprint density at radius 1 is 1.26 bits per heavy atom. The van der Waals surface area contributed by atoms with Gasteiger partial charge in [-0.1, -0.05) is 18.2 Å². The van der Waals surface area contributed by atoms with E-state index in [4.69, 9.17) is 0 Å². The molecule has 0 saturated carbocycles. The zero-order valence-corrected chi connectivity index (χ0v) is 10.3. The lowest BCUT2D eigenvalue weighted by Crippen LogP contribution is -2.00. The van der Waals surface area contributed by atoms with Crippen molar-refractivity contribution in [3.63, 3.8) is 0 Å². The third-order valence-corrected chi connectivity index (χ3v) is 2.87. The number of para-hydroxylation sites is 1. The first-order chi connectivity index (χ1) is 9.28. The smallest absolute Gasteiger partial charge is 0.356 e. The molecule has 5 nitrogen and oxygen atoms in total. The standard InChI is InChI=1S/C14H11N3O2/c1-19-14(18)13-7-12(16-17-13)10-6-9-4-2-3-5-11(9)15-8-10/h2-8H,1H3,(H,16,17). The zero-order chi connectivity index (χ0) is 13.2. The van der Waals surface area contributed by atoms with Crippen LogP contribution in [0.25, 0.3) is 22.2 Å². The summed E-state index contributed by atoms with van der Waals surface area (Å²) in [6.07, 6.45) is 1.74. The predicted molar refractivity (Wildman–Crippen MR) is 70.7 cm³/mol.